The SMILES string of the molecule is CC(=O)O[C@]1(c2ccccc2)C[C@]1(C)OC(C)=O. The lowest BCUT2D eigenvalue weighted by Crippen LogP contribution is -2.30. The normalized spacial score (nSPS) is 29.5. The van der Waals surface area contributed by atoms with Gasteiger partial charge < -0.3 is 9.47 Å². The molecule has 1 aliphatic rings. The molecule has 2 rings (SSSR count). The lowest BCUT2D eigenvalue weighted by atomic mass is 10.0. The number of benzene rings is 1. The molecule has 0 unspecified atom stereocenters. The zero-order chi connectivity index (χ0) is 13.4. The van der Waals surface area contributed by atoms with E-state index in [4.69, 9.17) is 9.47 Å². The van der Waals surface area contributed by atoms with Crippen molar-refractivity contribution >= 4 is 11.9 Å². The number of hydrogen-bond acceptors (Lipinski definition) is 4. The van der Waals surface area contributed by atoms with Crippen LogP contribution in [-0.4, -0.2) is 17.5 Å². The minimum atomic E-state index is -0.842. The standard InChI is InChI=1S/C14H16O4/c1-10(15)17-13(3)9-14(13,18-11(2)16)12-7-5-4-6-8-12/h4-8H,9H2,1-3H3/t13-,14-/m0/s1. The third-order valence-corrected chi connectivity index (χ3v) is 3.24. The molecular weight excluding hydrogens is 232 g/mol. The second-order valence-electron chi connectivity index (χ2n) is 4.79. The Morgan fingerprint density at radius 1 is 1.06 bits per heavy atom. The first-order chi connectivity index (χ1) is 8.40. The molecule has 0 heterocycles. The molecule has 4 nitrogen and oxygen atoms in total. The van der Waals surface area contributed by atoms with Crippen LogP contribution in [0.1, 0.15) is 32.8 Å². The van der Waals surface area contributed by atoms with Gasteiger partial charge >= 0.3 is 11.9 Å². The van der Waals surface area contributed by atoms with Crippen molar-refractivity contribution in [1.82, 2.24) is 0 Å². The average molecular weight is 248 g/mol. The van der Waals surface area contributed by atoms with Crippen LogP contribution in [-0.2, 0) is 24.7 Å². The Labute approximate surface area is 106 Å². The Bertz CT molecular complexity index is 482. The maximum Gasteiger partial charge on any atom is 0.303 e. The monoisotopic (exact) mass is 248 g/mol. The van der Waals surface area contributed by atoms with Crippen molar-refractivity contribution in [3.63, 3.8) is 0 Å². The molecule has 96 valence electrons. The van der Waals surface area contributed by atoms with E-state index < -0.39 is 11.2 Å². The molecular formula is C14H16O4. The van der Waals surface area contributed by atoms with Gasteiger partial charge in [0.25, 0.3) is 0 Å². The highest BCUT2D eigenvalue weighted by Crippen LogP contribution is 2.60. The van der Waals surface area contributed by atoms with Gasteiger partial charge in [-0.2, -0.15) is 0 Å². The van der Waals surface area contributed by atoms with E-state index in [1.54, 1.807) is 6.92 Å². The maximum absolute atomic E-state index is 11.3. The fourth-order valence-corrected chi connectivity index (χ4v) is 2.43. The van der Waals surface area contributed by atoms with Gasteiger partial charge in [0.05, 0.1) is 0 Å². The molecule has 2 atom stereocenters. The summed E-state index contributed by atoms with van der Waals surface area (Å²) >= 11 is 0. The topological polar surface area (TPSA) is 52.6 Å². The van der Waals surface area contributed by atoms with E-state index in [1.165, 1.54) is 13.8 Å². The molecule has 0 amide bonds. The summed E-state index contributed by atoms with van der Waals surface area (Å²) in [7, 11) is 0. The second-order valence-corrected chi connectivity index (χ2v) is 4.79. The van der Waals surface area contributed by atoms with Gasteiger partial charge in [-0.25, -0.2) is 0 Å². The third-order valence-electron chi connectivity index (χ3n) is 3.24. The van der Waals surface area contributed by atoms with Crippen LogP contribution in [0.25, 0.3) is 0 Å². The molecule has 0 N–H and O–H groups in total. The molecule has 1 aliphatic carbocycles. The van der Waals surface area contributed by atoms with E-state index in [9.17, 15) is 9.59 Å². The highest BCUT2D eigenvalue weighted by atomic mass is 16.6. The van der Waals surface area contributed by atoms with Crippen molar-refractivity contribution in [2.75, 3.05) is 0 Å². The van der Waals surface area contributed by atoms with Crippen molar-refractivity contribution in [2.24, 2.45) is 0 Å². The van der Waals surface area contributed by atoms with Gasteiger partial charge in [0.15, 0.2) is 11.2 Å². The first-order valence-corrected chi connectivity index (χ1v) is 5.84. The molecule has 0 spiro atoms. The highest BCUT2D eigenvalue weighted by Gasteiger charge is 2.72. The molecule has 1 aromatic rings. The van der Waals surface area contributed by atoms with Crippen LogP contribution in [0.4, 0.5) is 0 Å². The van der Waals surface area contributed by atoms with E-state index in [2.05, 4.69) is 0 Å². The van der Waals surface area contributed by atoms with Crippen LogP contribution < -0.4 is 0 Å². The highest BCUT2D eigenvalue weighted by molar-refractivity contribution is 5.70. The summed E-state index contributed by atoms with van der Waals surface area (Å²) in [5, 5.41) is 0. The molecule has 0 aliphatic heterocycles. The number of esters is 2. The summed E-state index contributed by atoms with van der Waals surface area (Å²) in [6.07, 6.45) is 0.489. The van der Waals surface area contributed by atoms with Gasteiger partial charge in [-0.15, -0.1) is 0 Å². The predicted octanol–water partition coefficient (Wildman–Crippen LogP) is 2.17. The summed E-state index contributed by atoms with van der Waals surface area (Å²) in [6.45, 7) is 4.49. The van der Waals surface area contributed by atoms with E-state index in [-0.39, 0.29) is 11.9 Å². The first kappa shape index (κ1) is 12.6. The lowest BCUT2D eigenvalue weighted by Gasteiger charge is -2.22. The molecule has 4 heteroatoms. The van der Waals surface area contributed by atoms with Gasteiger partial charge in [-0.05, 0) is 12.5 Å². The van der Waals surface area contributed by atoms with Crippen LogP contribution in [0, 0.1) is 0 Å². The minimum absolute atomic E-state index is 0.373. The van der Waals surface area contributed by atoms with Gasteiger partial charge in [-0.3, -0.25) is 9.59 Å². The number of carbonyl (C=O) groups excluding carboxylic acids is 2. The van der Waals surface area contributed by atoms with E-state index in [1.807, 2.05) is 30.3 Å². The van der Waals surface area contributed by atoms with Gasteiger partial charge in [0.2, 0.25) is 0 Å². The second kappa shape index (κ2) is 4.12. The molecule has 0 bridgehead atoms. The van der Waals surface area contributed by atoms with Crippen LogP contribution >= 0.6 is 0 Å². The molecule has 1 saturated carbocycles. The number of hydrogen-bond donors (Lipinski definition) is 0. The summed E-state index contributed by atoms with van der Waals surface area (Å²) in [4.78, 5) is 22.4. The summed E-state index contributed by atoms with van der Waals surface area (Å²) < 4.78 is 10.7. The molecule has 1 aromatic carbocycles. The number of carbonyl (C=O) groups is 2. The summed E-state index contributed by atoms with van der Waals surface area (Å²) in [5.41, 5.74) is -0.763. The molecule has 0 saturated heterocycles. The van der Waals surface area contributed by atoms with Crippen molar-refractivity contribution in [3.8, 4) is 0 Å². The van der Waals surface area contributed by atoms with Gasteiger partial charge in [0.1, 0.15) is 0 Å². The smallest absolute Gasteiger partial charge is 0.303 e. The fourth-order valence-electron chi connectivity index (χ4n) is 2.43. The zero-order valence-electron chi connectivity index (χ0n) is 10.7. The number of rotatable bonds is 3. The zero-order valence-corrected chi connectivity index (χ0v) is 10.7. The van der Waals surface area contributed by atoms with E-state index in [0.717, 1.165) is 5.56 Å². The van der Waals surface area contributed by atoms with Crippen molar-refractivity contribution in [2.45, 2.75) is 38.4 Å². The van der Waals surface area contributed by atoms with Gasteiger partial charge in [0, 0.05) is 20.3 Å². The Morgan fingerprint density at radius 3 is 2.11 bits per heavy atom. The van der Waals surface area contributed by atoms with Crippen LogP contribution in [0.15, 0.2) is 30.3 Å². The predicted molar refractivity (Wildman–Crippen MR) is 64.7 cm³/mol. The minimum Gasteiger partial charge on any atom is -0.455 e. The average Bonchev–Trinajstić information content (AvgIpc) is 2.83. The fraction of sp³-hybridized carbons (Fsp3) is 0.429. The largest absolute Gasteiger partial charge is 0.455 e. The van der Waals surface area contributed by atoms with Gasteiger partial charge in [-0.1, -0.05) is 30.3 Å². The summed E-state index contributed by atoms with van der Waals surface area (Å²) in [6, 6.07) is 9.37. The number of ether oxygens (including phenoxy) is 2. The molecule has 18 heavy (non-hydrogen) atoms. The Balaban J connectivity index is 2.34. The van der Waals surface area contributed by atoms with Crippen molar-refractivity contribution in [3.05, 3.63) is 35.9 Å². The van der Waals surface area contributed by atoms with Crippen LogP contribution in [0.3, 0.4) is 0 Å². The Kier molecular flexibility index (Phi) is 2.89. The van der Waals surface area contributed by atoms with Crippen molar-refractivity contribution < 1.29 is 19.1 Å². The van der Waals surface area contributed by atoms with Crippen molar-refractivity contribution in [1.29, 1.82) is 0 Å². The molecule has 0 radical (unpaired) electrons. The maximum atomic E-state index is 11.3. The van der Waals surface area contributed by atoms with E-state index >= 15 is 0 Å². The molecule has 0 aromatic heterocycles. The van der Waals surface area contributed by atoms with Crippen LogP contribution in [0.2, 0.25) is 0 Å². The quantitative estimate of drug-likeness (QED) is 0.769. The Hall–Kier alpha value is -1.84. The third kappa shape index (κ3) is 1.98. The lowest BCUT2D eigenvalue weighted by molar-refractivity contribution is -0.164. The van der Waals surface area contributed by atoms with E-state index in [0.29, 0.717) is 6.42 Å². The Morgan fingerprint density at radius 2 is 1.61 bits per heavy atom. The first-order valence-electron chi connectivity index (χ1n) is 5.84. The molecule has 1 fully saturated rings. The van der Waals surface area contributed by atoms with Crippen LogP contribution in [0.5, 0.6) is 0 Å². The summed E-state index contributed by atoms with van der Waals surface area (Å²) in [5.74, 6) is -0.753.